The van der Waals surface area contributed by atoms with Crippen molar-refractivity contribution in [1.29, 1.82) is 0 Å². The Hall–Kier alpha value is -1.84. The van der Waals surface area contributed by atoms with Crippen molar-refractivity contribution in [3.8, 4) is 0 Å². The molecule has 2 aliphatic heterocycles. The largest absolute Gasteiger partial charge is 0.445 e. The number of aliphatic hydroxyl groups is 3. The van der Waals surface area contributed by atoms with Gasteiger partial charge in [0.2, 0.25) is 12.2 Å². The van der Waals surface area contributed by atoms with Crippen LogP contribution in [0.3, 0.4) is 0 Å². The number of hydrogen-bond donors (Lipinski definition) is 3. The molecule has 7 nitrogen and oxygen atoms in total. The van der Waals surface area contributed by atoms with E-state index in [2.05, 4.69) is 4.99 Å². The first-order chi connectivity index (χ1) is 15.4. The summed E-state index contributed by atoms with van der Waals surface area (Å²) in [5, 5.41) is 32.3. The third kappa shape index (κ3) is 3.78. The number of fused-ring (bicyclic) bond motifs is 2. The van der Waals surface area contributed by atoms with E-state index in [0.29, 0.717) is 27.2 Å². The van der Waals surface area contributed by atoms with Gasteiger partial charge >= 0.3 is 0 Å². The lowest BCUT2D eigenvalue weighted by molar-refractivity contribution is -0.234. The zero-order valence-electron chi connectivity index (χ0n) is 16.5. The molecule has 2 aliphatic rings. The standard InChI is InChI=1S/C22H19Cl3N2O5/c23-11-2-4-16-12(6-11)13(8-27(16)7-10-1-3-14(24)15(25)5-10)21-26-18-20(30)19(29)17(9-28)31-22(18)32-21/h1-6,8,17-20,22,28-30H,7,9H2/t17-,18-,19-,20?,22-/m1/s1. The highest BCUT2D eigenvalue weighted by molar-refractivity contribution is 6.42. The third-order valence-electron chi connectivity index (χ3n) is 5.75. The van der Waals surface area contributed by atoms with Crippen LogP contribution in [0.2, 0.25) is 15.1 Å². The summed E-state index contributed by atoms with van der Waals surface area (Å²) in [6, 6.07) is 10.2. The maximum absolute atomic E-state index is 10.4. The molecule has 10 heteroatoms. The first kappa shape index (κ1) is 22.0. The number of halogens is 3. The van der Waals surface area contributed by atoms with Crippen molar-refractivity contribution in [2.75, 3.05) is 6.61 Å². The van der Waals surface area contributed by atoms with E-state index in [1.165, 1.54) is 0 Å². The van der Waals surface area contributed by atoms with Gasteiger partial charge in [0.05, 0.1) is 22.2 Å². The maximum Gasteiger partial charge on any atom is 0.227 e. The van der Waals surface area contributed by atoms with Crippen LogP contribution in [-0.4, -0.2) is 63.0 Å². The molecule has 3 heterocycles. The molecule has 0 saturated carbocycles. The highest BCUT2D eigenvalue weighted by Gasteiger charge is 2.49. The first-order valence-corrected chi connectivity index (χ1v) is 11.1. The summed E-state index contributed by atoms with van der Waals surface area (Å²) in [7, 11) is 0. The molecule has 0 bridgehead atoms. The number of hydrogen-bond acceptors (Lipinski definition) is 6. The molecule has 1 aromatic heterocycles. The van der Waals surface area contributed by atoms with Crippen LogP contribution in [0.5, 0.6) is 0 Å². The Morgan fingerprint density at radius 3 is 2.56 bits per heavy atom. The molecule has 0 spiro atoms. The molecule has 3 N–H and O–H groups in total. The Balaban J connectivity index is 1.53. The molecule has 1 unspecified atom stereocenters. The van der Waals surface area contributed by atoms with Crippen molar-refractivity contribution in [1.82, 2.24) is 4.57 Å². The number of nitrogens with zero attached hydrogens (tertiary/aromatic N) is 2. The van der Waals surface area contributed by atoms with Crippen LogP contribution in [-0.2, 0) is 16.0 Å². The zero-order valence-corrected chi connectivity index (χ0v) is 18.8. The van der Waals surface area contributed by atoms with Crippen LogP contribution in [0.1, 0.15) is 11.1 Å². The van der Waals surface area contributed by atoms with Gasteiger partial charge in [-0.05, 0) is 35.9 Å². The number of rotatable bonds is 4. The minimum atomic E-state index is -1.27. The Labute approximate surface area is 198 Å². The topological polar surface area (TPSA) is 96.4 Å². The van der Waals surface area contributed by atoms with Crippen molar-refractivity contribution in [2.24, 2.45) is 4.99 Å². The first-order valence-electron chi connectivity index (χ1n) is 9.95. The second kappa shape index (κ2) is 8.50. The summed E-state index contributed by atoms with van der Waals surface area (Å²) in [5.41, 5.74) is 2.52. The molecule has 0 amide bonds. The van der Waals surface area contributed by atoms with Crippen LogP contribution in [0, 0.1) is 0 Å². The van der Waals surface area contributed by atoms with Crippen molar-refractivity contribution >= 4 is 51.6 Å². The molecule has 1 saturated heterocycles. The second-order valence-corrected chi connectivity index (χ2v) is 9.08. The van der Waals surface area contributed by atoms with E-state index in [0.717, 1.165) is 16.5 Å². The number of aromatic nitrogens is 1. The van der Waals surface area contributed by atoms with Gasteiger partial charge in [-0.2, -0.15) is 0 Å². The van der Waals surface area contributed by atoms with Crippen LogP contribution in [0.4, 0.5) is 0 Å². The van der Waals surface area contributed by atoms with Crippen LogP contribution < -0.4 is 0 Å². The van der Waals surface area contributed by atoms with Crippen molar-refractivity contribution < 1.29 is 24.8 Å². The molecule has 0 aliphatic carbocycles. The minimum absolute atomic E-state index is 0.269. The maximum atomic E-state index is 10.4. The molecular formula is C22H19Cl3N2O5. The lowest BCUT2D eigenvalue weighted by Crippen LogP contribution is -2.56. The van der Waals surface area contributed by atoms with E-state index in [4.69, 9.17) is 44.3 Å². The van der Waals surface area contributed by atoms with E-state index >= 15 is 0 Å². The predicted molar refractivity (Wildman–Crippen MR) is 122 cm³/mol. The number of aliphatic hydroxyl groups excluding tert-OH is 3. The smallest absolute Gasteiger partial charge is 0.227 e. The predicted octanol–water partition coefficient (Wildman–Crippen LogP) is 3.23. The van der Waals surface area contributed by atoms with E-state index in [1.54, 1.807) is 12.1 Å². The average molecular weight is 498 g/mol. The van der Waals surface area contributed by atoms with E-state index in [9.17, 15) is 15.3 Å². The normalized spacial score (nSPS) is 27.3. The Bertz CT molecular complexity index is 1210. The third-order valence-corrected chi connectivity index (χ3v) is 6.73. The Morgan fingerprint density at radius 2 is 1.81 bits per heavy atom. The fourth-order valence-electron chi connectivity index (χ4n) is 4.12. The fourth-order valence-corrected chi connectivity index (χ4v) is 4.61. The lowest BCUT2D eigenvalue weighted by Gasteiger charge is -2.36. The van der Waals surface area contributed by atoms with E-state index < -0.39 is 37.3 Å². The van der Waals surface area contributed by atoms with Crippen molar-refractivity contribution in [2.45, 2.75) is 37.2 Å². The summed E-state index contributed by atoms with van der Waals surface area (Å²) in [5.74, 6) is 0.269. The van der Waals surface area contributed by atoms with Gasteiger partial charge in [0, 0.05) is 28.7 Å². The second-order valence-electron chi connectivity index (χ2n) is 7.83. The minimum Gasteiger partial charge on any atom is -0.445 e. The zero-order chi connectivity index (χ0) is 22.6. The molecule has 1 fully saturated rings. The highest BCUT2D eigenvalue weighted by Crippen LogP contribution is 2.34. The monoisotopic (exact) mass is 496 g/mol. The van der Waals surface area contributed by atoms with Gasteiger partial charge in [0.1, 0.15) is 24.4 Å². The summed E-state index contributed by atoms with van der Waals surface area (Å²) in [4.78, 5) is 4.49. The SMILES string of the molecule is OC[C@H]1O[C@@H]2OC(c3cn(Cc4ccc(Cl)c(Cl)c4)c4ccc(Cl)cc34)=N[C@@H]2C(O)[C@@H]1O. The molecule has 5 atom stereocenters. The highest BCUT2D eigenvalue weighted by atomic mass is 35.5. The van der Waals surface area contributed by atoms with Gasteiger partial charge in [-0.1, -0.05) is 40.9 Å². The molecule has 2 aromatic carbocycles. The van der Waals surface area contributed by atoms with E-state index in [-0.39, 0.29) is 5.90 Å². The lowest BCUT2D eigenvalue weighted by atomic mass is 9.98. The summed E-state index contributed by atoms with van der Waals surface area (Å²) >= 11 is 18.5. The van der Waals surface area contributed by atoms with Gasteiger partial charge in [0.15, 0.2) is 0 Å². The molecule has 0 radical (unpaired) electrons. The van der Waals surface area contributed by atoms with Gasteiger partial charge in [-0.25, -0.2) is 4.99 Å². The molecule has 168 valence electrons. The van der Waals surface area contributed by atoms with Crippen LogP contribution >= 0.6 is 34.8 Å². The average Bonchev–Trinajstić information content (AvgIpc) is 3.34. The molecular weight excluding hydrogens is 479 g/mol. The van der Waals surface area contributed by atoms with E-state index in [1.807, 2.05) is 35.0 Å². The molecule has 5 rings (SSSR count). The van der Waals surface area contributed by atoms with Gasteiger partial charge in [0.25, 0.3) is 0 Å². The summed E-state index contributed by atoms with van der Waals surface area (Å²) in [6.07, 6.45) is -2.47. The van der Waals surface area contributed by atoms with Gasteiger partial charge < -0.3 is 29.4 Å². The van der Waals surface area contributed by atoms with Crippen molar-refractivity contribution in [3.63, 3.8) is 0 Å². The van der Waals surface area contributed by atoms with Crippen LogP contribution in [0.25, 0.3) is 10.9 Å². The number of aliphatic imine (C=N–C) groups is 1. The van der Waals surface area contributed by atoms with Gasteiger partial charge in [-0.3, -0.25) is 0 Å². The number of benzene rings is 2. The Morgan fingerprint density at radius 1 is 1.00 bits per heavy atom. The Kier molecular flexibility index (Phi) is 5.84. The number of ether oxygens (including phenoxy) is 2. The van der Waals surface area contributed by atoms with Crippen molar-refractivity contribution in [3.05, 3.63) is 68.8 Å². The molecule has 3 aromatic rings. The molecule has 32 heavy (non-hydrogen) atoms. The summed E-state index contributed by atoms with van der Waals surface area (Å²) < 4.78 is 13.5. The van der Waals surface area contributed by atoms with Crippen LogP contribution in [0.15, 0.2) is 47.6 Å². The fraction of sp³-hybridized carbons (Fsp3) is 0.318. The van der Waals surface area contributed by atoms with Gasteiger partial charge in [-0.15, -0.1) is 0 Å². The quantitative estimate of drug-likeness (QED) is 0.514. The summed E-state index contributed by atoms with van der Waals surface area (Å²) in [6.45, 7) is 0.0677.